The molecule has 4 nitrogen and oxygen atoms in total. The van der Waals surface area contributed by atoms with E-state index in [-0.39, 0.29) is 18.1 Å². The van der Waals surface area contributed by atoms with Gasteiger partial charge in [-0.05, 0) is 6.92 Å². The van der Waals surface area contributed by atoms with Crippen LogP contribution in [0.3, 0.4) is 0 Å². The predicted octanol–water partition coefficient (Wildman–Crippen LogP) is 1.55. The second kappa shape index (κ2) is 2.56. The maximum Gasteiger partial charge on any atom is 0.472 e. The molecule has 1 heterocycles. The van der Waals surface area contributed by atoms with Crippen molar-refractivity contribution in [2.24, 2.45) is 5.41 Å². The standard InChI is InChI=1S/C6H13O4P/c1-5-6(2,3)4-9-11(7,8)10-5/h5H,4H2,1-3H3,(H,7,8)/t5-/m0/s1. The quantitative estimate of drug-likeness (QED) is 0.574. The van der Waals surface area contributed by atoms with Crippen LogP contribution in [-0.2, 0) is 13.6 Å². The second-order valence-corrected chi connectivity index (χ2v) is 4.88. The van der Waals surface area contributed by atoms with E-state index < -0.39 is 7.82 Å². The molecule has 1 rings (SSSR count). The van der Waals surface area contributed by atoms with Crippen molar-refractivity contribution in [1.82, 2.24) is 0 Å². The Labute approximate surface area is 66.1 Å². The van der Waals surface area contributed by atoms with Gasteiger partial charge >= 0.3 is 7.82 Å². The van der Waals surface area contributed by atoms with E-state index in [0.29, 0.717) is 0 Å². The Hall–Kier alpha value is 0.110. The fourth-order valence-corrected chi connectivity index (χ4v) is 1.98. The molecule has 0 aliphatic carbocycles. The number of hydrogen-bond donors (Lipinski definition) is 1. The zero-order valence-corrected chi connectivity index (χ0v) is 7.80. The van der Waals surface area contributed by atoms with Gasteiger partial charge in [-0.25, -0.2) is 4.57 Å². The van der Waals surface area contributed by atoms with E-state index in [0.717, 1.165) is 0 Å². The highest BCUT2D eigenvalue weighted by molar-refractivity contribution is 7.47. The van der Waals surface area contributed by atoms with Crippen molar-refractivity contribution < 1.29 is 18.5 Å². The Morgan fingerprint density at radius 1 is 1.64 bits per heavy atom. The zero-order valence-electron chi connectivity index (χ0n) is 6.90. The van der Waals surface area contributed by atoms with Gasteiger partial charge in [0.2, 0.25) is 0 Å². The van der Waals surface area contributed by atoms with E-state index in [1.165, 1.54) is 0 Å². The number of phosphoric ester groups is 1. The topological polar surface area (TPSA) is 55.8 Å². The van der Waals surface area contributed by atoms with Gasteiger partial charge in [-0.2, -0.15) is 0 Å². The molecular weight excluding hydrogens is 167 g/mol. The lowest BCUT2D eigenvalue weighted by atomic mass is 9.89. The van der Waals surface area contributed by atoms with Crippen molar-refractivity contribution in [2.75, 3.05) is 6.61 Å². The van der Waals surface area contributed by atoms with Crippen molar-refractivity contribution >= 4 is 7.82 Å². The Bertz CT molecular complexity index is 201. The number of phosphoric acid groups is 1. The normalized spacial score (nSPS) is 43.8. The molecule has 0 amide bonds. The smallest absolute Gasteiger partial charge is 0.302 e. The van der Waals surface area contributed by atoms with Gasteiger partial charge in [-0.15, -0.1) is 0 Å². The molecule has 0 aromatic rings. The highest BCUT2D eigenvalue weighted by Crippen LogP contribution is 2.52. The van der Waals surface area contributed by atoms with Gasteiger partial charge in [0.05, 0.1) is 12.7 Å². The minimum Gasteiger partial charge on any atom is -0.302 e. The van der Waals surface area contributed by atoms with Crippen LogP contribution in [0.15, 0.2) is 0 Å². The average Bonchev–Trinajstić information content (AvgIpc) is 1.81. The molecule has 1 aliphatic rings. The van der Waals surface area contributed by atoms with Crippen molar-refractivity contribution in [3.05, 3.63) is 0 Å². The largest absolute Gasteiger partial charge is 0.472 e. The van der Waals surface area contributed by atoms with Gasteiger partial charge in [0, 0.05) is 5.41 Å². The van der Waals surface area contributed by atoms with Crippen LogP contribution >= 0.6 is 7.82 Å². The molecule has 0 aromatic carbocycles. The third-order valence-corrected chi connectivity index (χ3v) is 3.03. The van der Waals surface area contributed by atoms with Crippen LogP contribution in [0, 0.1) is 5.41 Å². The van der Waals surface area contributed by atoms with Crippen LogP contribution < -0.4 is 0 Å². The molecule has 2 atom stereocenters. The average molecular weight is 180 g/mol. The Morgan fingerprint density at radius 3 is 2.55 bits per heavy atom. The minimum absolute atomic E-state index is 0.184. The van der Waals surface area contributed by atoms with Crippen LogP contribution in [0.4, 0.5) is 0 Å². The third kappa shape index (κ3) is 2.03. The van der Waals surface area contributed by atoms with Crippen molar-refractivity contribution in [2.45, 2.75) is 26.9 Å². The summed E-state index contributed by atoms with van der Waals surface area (Å²) in [4.78, 5) is 8.89. The van der Waals surface area contributed by atoms with Crippen LogP contribution in [0.5, 0.6) is 0 Å². The van der Waals surface area contributed by atoms with Gasteiger partial charge in [0.25, 0.3) is 0 Å². The van der Waals surface area contributed by atoms with Gasteiger partial charge in [0.15, 0.2) is 0 Å². The van der Waals surface area contributed by atoms with Crippen LogP contribution in [0.25, 0.3) is 0 Å². The maximum absolute atomic E-state index is 10.8. The lowest BCUT2D eigenvalue weighted by Crippen LogP contribution is -2.37. The molecule has 1 unspecified atom stereocenters. The Balaban J connectivity index is 2.70. The van der Waals surface area contributed by atoms with Gasteiger partial charge in [-0.1, -0.05) is 13.8 Å². The second-order valence-electron chi connectivity index (χ2n) is 3.48. The molecule has 1 saturated heterocycles. The monoisotopic (exact) mass is 180 g/mol. The van der Waals surface area contributed by atoms with Crippen LogP contribution in [0.1, 0.15) is 20.8 Å². The number of rotatable bonds is 0. The van der Waals surface area contributed by atoms with E-state index in [4.69, 9.17) is 9.42 Å². The lowest BCUT2D eigenvalue weighted by Gasteiger charge is -2.37. The maximum atomic E-state index is 10.8. The summed E-state index contributed by atoms with van der Waals surface area (Å²) >= 11 is 0. The fraction of sp³-hybridized carbons (Fsp3) is 1.00. The van der Waals surface area contributed by atoms with E-state index in [1.807, 2.05) is 13.8 Å². The molecule has 0 radical (unpaired) electrons. The first-order valence-corrected chi connectivity index (χ1v) is 4.99. The Morgan fingerprint density at radius 2 is 2.18 bits per heavy atom. The fourth-order valence-electron chi connectivity index (χ4n) is 0.738. The first-order valence-electron chi connectivity index (χ1n) is 3.49. The molecule has 66 valence electrons. The SMILES string of the molecule is C[C@@H]1OP(=O)(O)OCC1(C)C. The summed E-state index contributed by atoms with van der Waals surface area (Å²) in [7, 11) is -3.72. The zero-order chi connectivity index (χ0) is 8.70. The predicted molar refractivity (Wildman–Crippen MR) is 40.1 cm³/mol. The highest BCUT2D eigenvalue weighted by atomic mass is 31.2. The van der Waals surface area contributed by atoms with E-state index in [1.54, 1.807) is 6.92 Å². The highest BCUT2D eigenvalue weighted by Gasteiger charge is 2.40. The van der Waals surface area contributed by atoms with Gasteiger partial charge in [-0.3, -0.25) is 9.05 Å². The summed E-state index contributed by atoms with van der Waals surface area (Å²) in [6.07, 6.45) is -0.243. The third-order valence-electron chi connectivity index (χ3n) is 1.99. The summed E-state index contributed by atoms with van der Waals surface area (Å²) in [5.41, 5.74) is -0.184. The molecule has 1 aliphatic heterocycles. The summed E-state index contributed by atoms with van der Waals surface area (Å²) in [5.74, 6) is 0. The lowest BCUT2D eigenvalue weighted by molar-refractivity contribution is -0.0359. The van der Waals surface area contributed by atoms with Gasteiger partial charge in [0.1, 0.15) is 0 Å². The summed E-state index contributed by atoms with van der Waals surface area (Å²) in [6, 6.07) is 0. The van der Waals surface area contributed by atoms with E-state index >= 15 is 0 Å². The van der Waals surface area contributed by atoms with Crippen molar-refractivity contribution in [3.63, 3.8) is 0 Å². The first-order chi connectivity index (χ1) is 4.83. The molecule has 0 aromatic heterocycles. The molecule has 0 spiro atoms. The molecule has 11 heavy (non-hydrogen) atoms. The van der Waals surface area contributed by atoms with Crippen molar-refractivity contribution in [3.8, 4) is 0 Å². The summed E-state index contributed by atoms with van der Waals surface area (Å²) in [5, 5.41) is 0. The van der Waals surface area contributed by atoms with Crippen LogP contribution in [-0.4, -0.2) is 17.6 Å². The summed E-state index contributed by atoms with van der Waals surface area (Å²) < 4.78 is 20.3. The summed E-state index contributed by atoms with van der Waals surface area (Å²) in [6.45, 7) is 5.89. The van der Waals surface area contributed by atoms with Gasteiger partial charge < -0.3 is 4.89 Å². The van der Waals surface area contributed by atoms with Crippen molar-refractivity contribution in [1.29, 1.82) is 0 Å². The molecule has 0 bridgehead atoms. The molecule has 1 N–H and O–H groups in total. The minimum atomic E-state index is -3.72. The molecule has 5 heteroatoms. The molecule has 0 saturated carbocycles. The van der Waals surface area contributed by atoms with Crippen LogP contribution in [0.2, 0.25) is 0 Å². The molecule has 1 fully saturated rings. The number of hydrogen-bond acceptors (Lipinski definition) is 3. The Kier molecular flexibility index (Phi) is 2.14. The van der Waals surface area contributed by atoms with E-state index in [9.17, 15) is 4.57 Å². The molecular formula is C6H13O4P. The first kappa shape index (κ1) is 9.20. The van der Waals surface area contributed by atoms with E-state index in [2.05, 4.69) is 4.52 Å².